The smallest absolute Gasteiger partial charge is 0.251 e. The molecule has 1 heterocycles. The second-order valence-electron chi connectivity index (χ2n) is 4.92. The van der Waals surface area contributed by atoms with E-state index in [1.165, 1.54) is 6.20 Å². The van der Waals surface area contributed by atoms with Crippen LogP contribution in [0.4, 0.5) is 0 Å². The number of aromatic nitrogens is 2. The van der Waals surface area contributed by atoms with Gasteiger partial charge in [0, 0.05) is 12.1 Å². The van der Waals surface area contributed by atoms with E-state index >= 15 is 0 Å². The summed E-state index contributed by atoms with van der Waals surface area (Å²) in [5.41, 5.74) is 1.74. The van der Waals surface area contributed by atoms with Crippen LogP contribution in [0.2, 0.25) is 0 Å². The summed E-state index contributed by atoms with van der Waals surface area (Å²) in [6.07, 6.45) is 3.00. The van der Waals surface area contributed by atoms with E-state index in [1.807, 2.05) is 30.3 Å². The molecule has 3 aromatic rings. The number of carbonyl (C=O) groups is 2. The average Bonchev–Trinajstić information content (AvgIpc) is 3.03. The van der Waals surface area contributed by atoms with Crippen LogP contribution in [0.25, 0.3) is 0 Å². The molecule has 3 rings (SSSR count). The molecule has 2 aromatic carbocycles. The monoisotopic (exact) mass is 290 g/mol. The first kappa shape index (κ1) is 13.9. The number of Topliss-reactive ketones (excluding diaryl/α,β-unsaturated/α-hetero) is 2. The van der Waals surface area contributed by atoms with Crippen molar-refractivity contribution in [2.45, 2.75) is 6.54 Å². The Hall–Kier alpha value is -3.01. The molecule has 0 amide bonds. The van der Waals surface area contributed by atoms with Crippen molar-refractivity contribution < 1.29 is 9.59 Å². The summed E-state index contributed by atoms with van der Waals surface area (Å²) in [7, 11) is 0. The zero-order valence-corrected chi connectivity index (χ0v) is 11.8. The van der Waals surface area contributed by atoms with Crippen LogP contribution in [-0.2, 0) is 6.54 Å². The molecule has 0 fully saturated rings. The van der Waals surface area contributed by atoms with E-state index in [2.05, 4.69) is 4.98 Å². The van der Waals surface area contributed by atoms with Gasteiger partial charge in [-0.2, -0.15) is 0 Å². The molecule has 0 unspecified atom stereocenters. The van der Waals surface area contributed by atoms with Crippen molar-refractivity contribution in [2.75, 3.05) is 0 Å². The summed E-state index contributed by atoms with van der Waals surface area (Å²) in [6.45, 7) is 0.504. The summed E-state index contributed by atoms with van der Waals surface area (Å²) in [4.78, 5) is 28.7. The van der Waals surface area contributed by atoms with Crippen LogP contribution in [-0.4, -0.2) is 21.1 Å². The number of nitrogens with zero attached hydrogens (tertiary/aromatic N) is 2. The van der Waals surface area contributed by atoms with Crippen molar-refractivity contribution in [3.05, 3.63) is 90.0 Å². The molecule has 0 aliphatic carbocycles. The van der Waals surface area contributed by atoms with Gasteiger partial charge in [0.2, 0.25) is 5.78 Å². The van der Waals surface area contributed by atoms with Crippen LogP contribution in [0.5, 0.6) is 0 Å². The van der Waals surface area contributed by atoms with E-state index in [9.17, 15) is 9.59 Å². The minimum atomic E-state index is -0.542. The second-order valence-corrected chi connectivity index (χ2v) is 4.92. The fourth-order valence-electron chi connectivity index (χ4n) is 2.25. The Kier molecular flexibility index (Phi) is 3.92. The molecule has 0 aliphatic rings. The maximum absolute atomic E-state index is 12.4. The number of hydrogen-bond donors (Lipinski definition) is 0. The molecule has 0 atom stereocenters. The highest BCUT2D eigenvalue weighted by molar-refractivity contribution is 6.48. The van der Waals surface area contributed by atoms with E-state index in [0.717, 1.165) is 5.56 Å². The molecule has 0 saturated carbocycles. The van der Waals surface area contributed by atoms with Crippen LogP contribution in [0, 0.1) is 0 Å². The Bertz CT molecular complexity index is 792. The molecule has 0 aliphatic heterocycles. The van der Waals surface area contributed by atoms with Gasteiger partial charge in [0.05, 0.1) is 12.5 Å². The maximum Gasteiger partial charge on any atom is 0.251 e. The lowest BCUT2D eigenvalue weighted by molar-refractivity contribution is 0.0811. The maximum atomic E-state index is 12.4. The van der Waals surface area contributed by atoms with Gasteiger partial charge in [-0.15, -0.1) is 0 Å². The molecular formula is C18H14N2O2. The number of rotatable bonds is 5. The first-order valence-corrected chi connectivity index (χ1v) is 6.94. The fourth-order valence-corrected chi connectivity index (χ4v) is 2.25. The third kappa shape index (κ3) is 2.86. The lowest BCUT2D eigenvalue weighted by Gasteiger charge is -2.07. The van der Waals surface area contributed by atoms with Crippen LogP contribution < -0.4 is 0 Å². The van der Waals surface area contributed by atoms with Crippen LogP contribution in [0.15, 0.2) is 73.2 Å². The van der Waals surface area contributed by atoms with Gasteiger partial charge >= 0.3 is 0 Å². The van der Waals surface area contributed by atoms with Gasteiger partial charge < -0.3 is 4.57 Å². The van der Waals surface area contributed by atoms with Crippen molar-refractivity contribution in [1.29, 1.82) is 0 Å². The third-order valence-corrected chi connectivity index (χ3v) is 3.38. The van der Waals surface area contributed by atoms with Crippen LogP contribution in [0.1, 0.15) is 26.4 Å². The molecule has 0 radical (unpaired) electrons. The standard InChI is InChI=1S/C18H14N2O2/c21-17(15-9-5-2-6-10-15)18(22)16-11-19-13-20(16)12-14-7-3-1-4-8-14/h1-11,13H,12H2. The number of carbonyl (C=O) groups excluding carboxylic acids is 2. The zero-order valence-electron chi connectivity index (χ0n) is 11.8. The Labute approximate surface area is 128 Å². The summed E-state index contributed by atoms with van der Waals surface area (Å²) >= 11 is 0. The molecule has 0 bridgehead atoms. The molecule has 0 saturated heterocycles. The normalized spacial score (nSPS) is 10.4. The molecular weight excluding hydrogens is 276 g/mol. The fraction of sp³-hybridized carbons (Fsp3) is 0.0556. The van der Waals surface area contributed by atoms with Crippen LogP contribution in [0.3, 0.4) is 0 Å². The summed E-state index contributed by atoms with van der Waals surface area (Å²) in [5.74, 6) is -1.06. The number of benzene rings is 2. The highest BCUT2D eigenvalue weighted by Gasteiger charge is 2.21. The lowest BCUT2D eigenvalue weighted by atomic mass is 10.1. The van der Waals surface area contributed by atoms with E-state index in [0.29, 0.717) is 17.8 Å². The Balaban J connectivity index is 1.85. The molecule has 0 spiro atoms. The molecule has 4 nitrogen and oxygen atoms in total. The summed E-state index contributed by atoms with van der Waals surface area (Å²) in [5, 5.41) is 0. The highest BCUT2D eigenvalue weighted by atomic mass is 16.2. The minimum absolute atomic E-state index is 0.303. The largest absolute Gasteiger partial charge is 0.323 e. The highest BCUT2D eigenvalue weighted by Crippen LogP contribution is 2.10. The van der Waals surface area contributed by atoms with E-state index < -0.39 is 11.6 Å². The quantitative estimate of drug-likeness (QED) is 0.536. The molecule has 108 valence electrons. The zero-order chi connectivity index (χ0) is 15.4. The predicted molar refractivity (Wildman–Crippen MR) is 82.9 cm³/mol. The molecule has 0 N–H and O–H groups in total. The molecule has 22 heavy (non-hydrogen) atoms. The molecule has 4 heteroatoms. The molecule has 1 aromatic heterocycles. The third-order valence-electron chi connectivity index (χ3n) is 3.38. The number of ketones is 2. The van der Waals surface area contributed by atoms with Crippen molar-refractivity contribution in [2.24, 2.45) is 0 Å². The number of hydrogen-bond acceptors (Lipinski definition) is 3. The minimum Gasteiger partial charge on any atom is -0.323 e. The van der Waals surface area contributed by atoms with Gasteiger partial charge in [0.25, 0.3) is 5.78 Å². The van der Waals surface area contributed by atoms with Crippen molar-refractivity contribution >= 4 is 11.6 Å². The van der Waals surface area contributed by atoms with Crippen LogP contribution >= 0.6 is 0 Å². The Morgan fingerprint density at radius 1 is 0.864 bits per heavy atom. The van der Waals surface area contributed by atoms with E-state index in [-0.39, 0.29) is 0 Å². The van der Waals surface area contributed by atoms with Gasteiger partial charge in [-0.1, -0.05) is 60.7 Å². The Morgan fingerprint density at radius 2 is 1.50 bits per heavy atom. The van der Waals surface area contributed by atoms with Crippen molar-refractivity contribution in [1.82, 2.24) is 9.55 Å². The SMILES string of the molecule is O=C(C(=O)c1cncn1Cc1ccccc1)c1ccccc1. The van der Waals surface area contributed by atoms with E-state index in [1.54, 1.807) is 41.2 Å². The topological polar surface area (TPSA) is 52.0 Å². The summed E-state index contributed by atoms with van der Waals surface area (Å²) in [6, 6.07) is 18.3. The van der Waals surface area contributed by atoms with Crippen molar-refractivity contribution in [3.8, 4) is 0 Å². The first-order chi connectivity index (χ1) is 10.8. The average molecular weight is 290 g/mol. The Morgan fingerprint density at radius 3 is 2.18 bits per heavy atom. The lowest BCUT2D eigenvalue weighted by Crippen LogP contribution is -2.18. The van der Waals surface area contributed by atoms with Gasteiger partial charge in [-0.05, 0) is 5.56 Å². The van der Waals surface area contributed by atoms with Gasteiger partial charge in [-0.3, -0.25) is 9.59 Å². The first-order valence-electron chi connectivity index (χ1n) is 6.94. The van der Waals surface area contributed by atoms with Gasteiger partial charge in [0.1, 0.15) is 5.69 Å². The van der Waals surface area contributed by atoms with Gasteiger partial charge in [-0.25, -0.2) is 4.98 Å². The second kappa shape index (κ2) is 6.18. The number of imidazole rings is 1. The predicted octanol–water partition coefficient (Wildman–Crippen LogP) is 3.00. The van der Waals surface area contributed by atoms with Gasteiger partial charge in [0.15, 0.2) is 0 Å². The van der Waals surface area contributed by atoms with Crippen molar-refractivity contribution in [3.63, 3.8) is 0 Å². The summed E-state index contributed by atoms with van der Waals surface area (Å²) < 4.78 is 1.69. The van der Waals surface area contributed by atoms with E-state index in [4.69, 9.17) is 0 Å².